The summed E-state index contributed by atoms with van der Waals surface area (Å²) >= 11 is 0. The molecule has 1 aromatic rings. The minimum atomic E-state index is -1.91. The molecule has 1 heterocycles. The molecule has 0 bridgehead atoms. The number of ether oxygens (including phenoxy) is 3. The third-order valence-corrected chi connectivity index (χ3v) is 9.79. The SMILES string of the molecule is C=C[C@H]1OC(c2ccccc2)=N[C@H](CO[Si](C)(C)C(C)(C)C)[C@H]1OCOC. The van der Waals surface area contributed by atoms with Crippen LogP contribution in [0.4, 0.5) is 0 Å². The lowest BCUT2D eigenvalue weighted by molar-refractivity contribution is -0.116. The highest BCUT2D eigenvalue weighted by Crippen LogP contribution is 2.37. The lowest BCUT2D eigenvalue weighted by Crippen LogP contribution is -2.50. The van der Waals surface area contributed by atoms with E-state index in [4.69, 9.17) is 23.6 Å². The molecular formula is C21H33NO4Si. The Balaban J connectivity index is 2.28. The first-order valence-electron chi connectivity index (χ1n) is 9.36. The van der Waals surface area contributed by atoms with Gasteiger partial charge in [0, 0.05) is 12.7 Å². The van der Waals surface area contributed by atoms with Crippen LogP contribution in [-0.4, -0.2) is 53.0 Å². The molecule has 0 radical (unpaired) electrons. The van der Waals surface area contributed by atoms with Gasteiger partial charge in [-0.1, -0.05) is 45.5 Å². The summed E-state index contributed by atoms with van der Waals surface area (Å²) in [5.74, 6) is 0.599. The van der Waals surface area contributed by atoms with Crippen molar-refractivity contribution >= 4 is 14.2 Å². The van der Waals surface area contributed by atoms with Crippen LogP contribution in [0.1, 0.15) is 26.3 Å². The predicted molar refractivity (Wildman–Crippen MR) is 112 cm³/mol. The summed E-state index contributed by atoms with van der Waals surface area (Å²) in [4.78, 5) is 4.83. The largest absolute Gasteiger partial charge is 0.467 e. The molecule has 1 aromatic carbocycles. The molecule has 1 aliphatic heterocycles. The summed E-state index contributed by atoms with van der Waals surface area (Å²) in [7, 11) is -0.302. The van der Waals surface area contributed by atoms with Crippen LogP contribution < -0.4 is 0 Å². The second-order valence-corrected chi connectivity index (χ2v) is 13.1. The molecule has 6 heteroatoms. The lowest BCUT2D eigenvalue weighted by atomic mass is 10.0. The van der Waals surface area contributed by atoms with E-state index in [1.807, 2.05) is 30.3 Å². The van der Waals surface area contributed by atoms with E-state index in [9.17, 15) is 0 Å². The third kappa shape index (κ3) is 5.51. The topological polar surface area (TPSA) is 49.3 Å². The van der Waals surface area contributed by atoms with Crippen LogP contribution in [0.15, 0.2) is 48.0 Å². The van der Waals surface area contributed by atoms with Crippen LogP contribution >= 0.6 is 0 Å². The molecule has 0 amide bonds. The number of hydrogen-bond acceptors (Lipinski definition) is 5. The van der Waals surface area contributed by atoms with Gasteiger partial charge in [-0.2, -0.15) is 0 Å². The Labute approximate surface area is 164 Å². The Hall–Kier alpha value is -1.47. The number of aliphatic imine (C=N–C) groups is 1. The summed E-state index contributed by atoms with van der Waals surface area (Å²) in [5, 5.41) is 0.130. The molecule has 5 nitrogen and oxygen atoms in total. The number of methoxy groups -OCH3 is 1. The van der Waals surface area contributed by atoms with E-state index >= 15 is 0 Å². The number of rotatable bonds is 8. The summed E-state index contributed by atoms with van der Waals surface area (Å²) in [6, 6.07) is 9.70. The summed E-state index contributed by atoms with van der Waals surface area (Å²) in [5.41, 5.74) is 0.937. The average molecular weight is 392 g/mol. The van der Waals surface area contributed by atoms with Gasteiger partial charge >= 0.3 is 0 Å². The van der Waals surface area contributed by atoms with Gasteiger partial charge in [-0.05, 0) is 36.3 Å². The van der Waals surface area contributed by atoms with Crippen LogP contribution in [0.5, 0.6) is 0 Å². The van der Waals surface area contributed by atoms with Crippen molar-refractivity contribution in [2.75, 3.05) is 20.5 Å². The Kier molecular flexibility index (Phi) is 7.39. The molecule has 0 saturated carbocycles. The van der Waals surface area contributed by atoms with Crippen molar-refractivity contribution in [2.24, 2.45) is 4.99 Å². The van der Waals surface area contributed by atoms with Gasteiger partial charge in [0.15, 0.2) is 8.32 Å². The Morgan fingerprint density at radius 1 is 1.22 bits per heavy atom. The highest BCUT2D eigenvalue weighted by atomic mass is 28.4. The fourth-order valence-corrected chi connectivity index (χ4v) is 3.59. The smallest absolute Gasteiger partial charge is 0.217 e. The van der Waals surface area contributed by atoms with E-state index < -0.39 is 8.32 Å². The average Bonchev–Trinajstić information content (AvgIpc) is 2.64. The van der Waals surface area contributed by atoms with Crippen molar-refractivity contribution in [3.8, 4) is 0 Å². The van der Waals surface area contributed by atoms with Crippen LogP contribution in [0.2, 0.25) is 18.1 Å². The van der Waals surface area contributed by atoms with Crippen molar-refractivity contribution in [3.63, 3.8) is 0 Å². The molecule has 0 unspecified atom stereocenters. The van der Waals surface area contributed by atoms with Crippen molar-refractivity contribution in [3.05, 3.63) is 48.6 Å². The lowest BCUT2D eigenvalue weighted by Gasteiger charge is -2.39. The summed E-state index contributed by atoms with van der Waals surface area (Å²) in [6.45, 7) is 15.7. The molecule has 0 aromatic heterocycles. The highest BCUT2D eigenvalue weighted by molar-refractivity contribution is 6.74. The third-order valence-electron chi connectivity index (χ3n) is 5.29. The van der Waals surface area contributed by atoms with E-state index in [1.54, 1.807) is 13.2 Å². The Morgan fingerprint density at radius 2 is 1.89 bits per heavy atom. The maximum atomic E-state index is 6.44. The fourth-order valence-electron chi connectivity index (χ4n) is 2.57. The zero-order chi connectivity index (χ0) is 20.1. The molecular weight excluding hydrogens is 358 g/mol. The van der Waals surface area contributed by atoms with Crippen LogP contribution in [0, 0.1) is 0 Å². The molecule has 0 aliphatic carbocycles. The minimum absolute atomic E-state index is 0.130. The molecule has 0 N–H and O–H groups in total. The summed E-state index contributed by atoms with van der Waals surface area (Å²) < 4.78 is 23.5. The van der Waals surface area contributed by atoms with E-state index in [0.717, 1.165) is 5.56 Å². The molecule has 3 atom stereocenters. The molecule has 0 saturated heterocycles. The van der Waals surface area contributed by atoms with E-state index in [-0.39, 0.29) is 30.1 Å². The first kappa shape index (κ1) is 21.8. The maximum absolute atomic E-state index is 6.44. The van der Waals surface area contributed by atoms with Crippen LogP contribution in [0.25, 0.3) is 0 Å². The molecule has 2 rings (SSSR count). The molecule has 150 valence electrons. The second kappa shape index (κ2) is 9.15. The minimum Gasteiger partial charge on any atom is -0.467 e. The number of hydrogen-bond donors (Lipinski definition) is 0. The van der Waals surface area contributed by atoms with Crippen LogP contribution in [0.3, 0.4) is 0 Å². The monoisotopic (exact) mass is 391 g/mol. The standard InChI is InChI=1S/C21H33NO4Si/c1-8-18-19(24-15-23-5)17(14-25-27(6,7)21(2,3)4)22-20(26-18)16-12-10-9-11-13-16/h8-13,17-19H,1,14-15H2,2-7H3/t17-,18-,19-/m1/s1. The van der Waals surface area contributed by atoms with Gasteiger partial charge in [0.25, 0.3) is 0 Å². The molecule has 0 fully saturated rings. The van der Waals surface area contributed by atoms with Crippen LogP contribution in [-0.2, 0) is 18.6 Å². The number of nitrogens with zero attached hydrogens (tertiary/aromatic N) is 1. The molecule has 1 aliphatic rings. The van der Waals surface area contributed by atoms with Gasteiger partial charge in [0.05, 0.1) is 6.61 Å². The second-order valence-electron chi connectivity index (χ2n) is 8.29. The molecule has 0 spiro atoms. The van der Waals surface area contributed by atoms with E-state index in [1.165, 1.54) is 0 Å². The summed E-state index contributed by atoms with van der Waals surface area (Å²) in [6.07, 6.45) is 1.14. The van der Waals surface area contributed by atoms with Crippen molar-refractivity contribution in [1.29, 1.82) is 0 Å². The van der Waals surface area contributed by atoms with Gasteiger partial charge in [-0.3, -0.25) is 0 Å². The first-order valence-corrected chi connectivity index (χ1v) is 12.3. The Morgan fingerprint density at radius 3 is 2.44 bits per heavy atom. The van der Waals surface area contributed by atoms with E-state index in [0.29, 0.717) is 12.5 Å². The van der Waals surface area contributed by atoms with Gasteiger partial charge in [-0.25, -0.2) is 4.99 Å². The van der Waals surface area contributed by atoms with Crippen molar-refractivity contribution in [2.45, 2.75) is 57.2 Å². The zero-order valence-corrected chi connectivity index (χ0v) is 18.4. The van der Waals surface area contributed by atoms with Gasteiger partial charge in [-0.15, -0.1) is 0 Å². The highest BCUT2D eigenvalue weighted by Gasteiger charge is 2.41. The predicted octanol–water partition coefficient (Wildman–Crippen LogP) is 4.40. The normalized spacial score (nSPS) is 23.5. The van der Waals surface area contributed by atoms with Crippen molar-refractivity contribution < 1.29 is 18.6 Å². The Bertz CT molecular complexity index is 639. The molecule has 27 heavy (non-hydrogen) atoms. The van der Waals surface area contributed by atoms with Gasteiger partial charge < -0.3 is 18.6 Å². The number of benzene rings is 1. The quantitative estimate of drug-likeness (QED) is 0.374. The fraction of sp³-hybridized carbons (Fsp3) is 0.571. The van der Waals surface area contributed by atoms with Gasteiger partial charge in [0.2, 0.25) is 5.90 Å². The van der Waals surface area contributed by atoms with E-state index in [2.05, 4.69) is 40.4 Å². The first-order chi connectivity index (χ1) is 12.7. The van der Waals surface area contributed by atoms with Crippen molar-refractivity contribution in [1.82, 2.24) is 0 Å². The maximum Gasteiger partial charge on any atom is 0.217 e. The van der Waals surface area contributed by atoms with Gasteiger partial charge in [0.1, 0.15) is 25.0 Å². The zero-order valence-electron chi connectivity index (χ0n) is 17.4.